The first-order valence-corrected chi connectivity index (χ1v) is 14.3. The molecule has 0 aliphatic carbocycles. The van der Waals surface area contributed by atoms with E-state index in [9.17, 15) is 9.18 Å². The topological polar surface area (TPSA) is 71.4 Å². The van der Waals surface area contributed by atoms with Crippen molar-refractivity contribution in [3.05, 3.63) is 138 Å². The summed E-state index contributed by atoms with van der Waals surface area (Å²) in [4.78, 5) is 19.2. The highest BCUT2D eigenvalue weighted by molar-refractivity contribution is 7.80. The molecule has 6 rings (SSSR count). The predicted octanol–water partition coefficient (Wildman–Crippen LogP) is 6.82. The number of halogens is 1. The Morgan fingerprint density at radius 3 is 2.44 bits per heavy atom. The average Bonchev–Trinajstić information content (AvgIpc) is 3.52. The van der Waals surface area contributed by atoms with E-state index in [2.05, 4.69) is 31.2 Å². The Labute approximate surface area is 255 Å². The van der Waals surface area contributed by atoms with Crippen LogP contribution in [0.15, 0.2) is 109 Å². The monoisotopic (exact) mass is 591 g/mol. The molecule has 43 heavy (non-hydrogen) atoms. The number of amides is 1. The molecule has 2 atom stereocenters. The molecule has 1 fully saturated rings. The molecule has 1 aliphatic heterocycles. The van der Waals surface area contributed by atoms with Crippen molar-refractivity contribution >= 4 is 34.6 Å². The fraction of sp³-hybridized carbons (Fsp3) is 0.147. The van der Waals surface area contributed by atoms with Crippen LogP contribution in [-0.2, 0) is 4.79 Å². The molecule has 2 N–H and O–H groups in total. The quantitative estimate of drug-likeness (QED) is 0.193. The number of benzene rings is 3. The van der Waals surface area contributed by atoms with Gasteiger partial charge in [-0.2, -0.15) is 0 Å². The number of nitrogens with zero attached hydrogens (tertiary/aromatic N) is 3. The number of thiocarbonyl (C=S) groups is 1. The van der Waals surface area contributed by atoms with E-state index in [1.54, 1.807) is 24.4 Å². The highest BCUT2D eigenvalue weighted by Crippen LogP contribution is 2.44. The van der Waals surface area contributed by atoms with E-state index >= 15 is 0 Å². The molecule has 3 heterocycles. The summed E-state index contributed by atoms with van der Waals surface area (Å²) in [5, 5.41) is 6.94. The van der Waals surface area contributed by atoms with Gasteiger partial charge in [0.05, 0.1) is 17.8 Å². The second-order valence-electron chi connectivity index (χ2n) is 10.3. The minimum atomic E-state index is -0.290. The first-order chi connectivity index (χ1) is 20.9. The zero-order valence-corrected chi connectivity index (χ0v) is 24.5. The smallest absolute Gasteiger partial charge is 0.262 e. The van der Waals surface area contributed by atoms with Gasteiger partial charge in [-0.05, 0) is 104 Å². The minimum absolute atomic E-state index is 0.0966. The summed E-state index contributed by atoms with van der Waals surface area (Å²) in [6.45, 7) is 3.96. The van der Waals surface area contributed by atoms with Crippen LogP contribution in [-0.4, -0.2) is 27.2 Å². The first kappa shape index (κ1) is 28.1. The molecular formula is C34H30FN5O2S. The number of anilines is 2. The molecule has 0 saturated carbocycles. The number of aryl methyl sites for hydroxylation is 1. The molecular weight excluding hydrogens is 561 g/mol. The van der Waals surface area contributed by atoms with Gasteiger partial charge in [0.2, 0.25) is 0 Å². The third kappa shape index (κ3) is 5.85. The van der Waals surface area contributed by atoms with Gasteiger partial charge >= 0.3 is 0 Å². The Morgan fingerprint density at radius 1 is 0.953 bits per heavy atom. The molecule has 7 nitrogen and oxygen atoms in total. The minimum Gasteiger partial charge on any atom is -0.484 e. The molecule has 1 amide bonds. The van der Waals surface area contributed by atoms with Crippen molar-refractivity contribution in [2.24, 2.45) is 0 Å². The number of carbonyl (C=O) groups excluding carboxylic acids is 1. The maximum Gasteiger partial charge on any atom is 0.262 e. The second-order valence-corrected chi connectivity index (χ2v) is 10.7. The van der Waals surface area contributed by atoms with Crippen LogP contribution in [0.3, 0.4) is 0 Å². The molecule has 1 saturated heterocycles. The van der Waals surface area contributed by atoms with Gasteiger partial charge in [-0.15, -0.1) is 0 Å². The predicted molar refractivity (Wildman–Crippen MR) is 170 cm³/mol. The number of para-hydroxylation sites is 1. The van der Waals surface area contributed by atoms with E-state index < -0.39 is 0 Å². The Hall–Kier alpha value is -5.02. The Morgan fingerprint density at radius 2 is 1.72 bits per heavy atom. The number of hydrogen-bond acceptors (Lipinski definition) is 4. The summed E-state index contributed by atoms with van der Waals surface area (Å²) < 4.78 is 21.8. The standard InChI is InChI=1S/C34H30FN5O2S/c1-22-19-29(23(2)39(22)27-10-8-9-24(35)20-27)33-32(30-13-6-7-18-36-30)38-34(43)40(33)26-16-14-25(15-17-26)37-31(41)21-42-28-11-4-3-5-12-28/h3-20,32-33H,21H2,1-2H3,(H,37,41)(H,38,43)/t32-,33-/m1/s1. The molecule has 0 unspecified atom stereocenters. The van der Waals surface area contributed by atoms with E-state index in [0.29, 0.717) is 16.5 Å². The van der Waals surface area contributed by atoms with Crippen molar-refractivity contribution in [2.75, 3.05) is 16.8 Å². The van der Waals surface area contributed by atoms with E-state index in [0.717, 1.165) is 34.0 Å². The van der Waals surface area contributed by atoms with Gasteiger partial charge in [0.15, 0.2) is 11.7 Å². The van der Waals surface area contributed by atoms with Crippen LogP contribution in [0, 0.1) is 19.7 Å². The molecule has 3 aromatic carbocycles. The SMILES string of the molecule is Cc1cc([C@@H]2[C@@H](c3ccccn3)NC(=S)N2c2ccc(NC(=O)COc3ccccc3)cc2)c(C)n1-c1cccc(F)c1. The zero-order valence-electron chi connectivity index (χ0n) is 23.7. The summed E-state index contributed by atoms with van der Waals surface area (Å²) in [5.74, 6) is 0.0863. The van der Waals surface area contributed by atoms with Crippen LogP contribution in [0.1, 0.15) is 34.7 Å². The van der Waals surface area contributed by atoms with Crippen molar-refractivity contribution in [3.8, 4) is 11.4 Å². The molecule has 5 aromatic rings. The highest BCUT2D eigenvalue weighted by atomic mass is 32.1. The fourth-order valence-electron chi connectivity index (χ4n) is 5.62. The lowest BCUT2D eigenvalue weighted by atomic mass is 9.96. The van der Waals surface area contributed by atoms with Gasteiger partial charge in [0.25, 0.3) is 5.91 Å². The molecule has 9 heteroatoms. The number of carbonyl (C=O) groups is 1. The summed E-state index contributed by atoms with van der Waals surface area (Å²) >= 11 is 5.90. The van der Waals surface area contributed by atoms with Crippen LogP contribution in [0.5, 0.6) is 5.75 Å². The Kier molecular flexibility index (Phi) is 7.89. The number of pyridine rings is 1. The van der Waals surface area contributed by atoms with Crippen LogP contribution in [0.2, 0.25) is 0 Å². The summed E-state index contributed by atoms with van der Waals surface area (Å²) in [6.07, 6.45) is 1.77. The largest absolute Gasteiger partial charge is 0.484 e. The van der Waals surface area contributed by atoms with Gasteiger partial charge in [0.1, 0.15) is 11.6 Å². The van der Waals surface area contributed by atoms with E-state index in [1.165, 1.54) is 12.1 Å². The van der Waals surface area contributed by atoms with Crippen LogP contribution < -0.4 is 20.3 Å². The van der Waals surface area contributed by atoms with Crippen LogP contribution in [0.4, 0.5) is 15.8 Å². The van der Waals surface area contributed by atoms with Crippen molar-refractivity contribution in [2.45, 2.75) is 25.9 Å². The zero-order chi connectivity index (χ0) is 29.9. The van der Waals surface area contributed by atoms with E-state index in [4.69, 9.17) is 17.0 Å². The van der Waals surface area contributed by atoms with Gasteiger partial charge in [-0.1, -0.05) is 30.3 Å². The average molecular weight is 592 g/mol. The van der Waals surface area contributed by atoms with Crippen molar-refractivity contribution in [3.63, 3.8) is 0 Å². The maximum absolute atomic E-state index is 14.2. The number of hydrogen-bond donors (Lipinski definition) is 2. The summed E-state index contributed by atoms with van der Waals surface area (Å²) in [6, 6.07) is 30.8. The Balaban J connectivity index is 1.31. The molecule has 0 bridgehead atoms. The van der Waals surface area contributed by atoms with Crippen LogP contribution in [0.25, 0.3) is 5.69 Å². The van der Waals surface area contributed by atoms with E-state index in [-0.39, 0.29) is 30.4 Å². The van der Waals surface area contributed by atoms with Gasteiger partial charge in [-0.3, -0.25) is 9.78 Å². The lowest BCUT2D eigenvalue weighted by Crippen LogP contribution is -2.29. The molecule has 2 aromatic heterocycles. The molecule has 1 aliphatic rings. The normalized spacial score (nSPS) is 16.2. The van der Waals surface area contributed by atoms with Crippen molar-refractivity contribution in [1.29, 1.82) is 0 Å². The highest BCUT2D eigenvalue weighted by Gasteiger charge is 2.42. The number of aromatic nitrogens is 2. The second kappa shape index (κ2) is 12.1. The molecule has 0 spiro atoms. The third-order valence-corrected chi connectivity index (χ3v) is 7.81. The van der Waals surface area contributed by atoms with Gasteiger partial charge < -0.3 is 24.8 Å². The lowest BCUT2D eigenvalue weighted by molar-refractivity contribution is -0.118. The number of rotatable bonds is 8. The lowest BCUT2D eigenvalue weighted by Gasteiger charge is -2.28. The molecule has 0 radical (unpaired) electrons. The maximum atomic E-state index is 14.2. The third-order valence-electron chi connectivity index (χ3n) is 7.50. The first-order valence-electron chi connectivity index (χ1n) is 13.9. The number of nitrogens with one attached hydrogen (secondary N) is 2. The Bertz CT molecular complexity index is 1760. The van der Waals surface area contributed by atoms with Crippen molar-refractivity contribution in [1.82, 2.24) is 14.9 Å². The van der Waals surface area contributed by atoms with Crippen LogP contribution >= 0.6 is 12.2 Å². The fourth-order valence-corrected chi connectivity index (χ4v) is 5.96. The number of ether oxygens (including phenoxy) is 1. The van der Waals surface area contributed by atoms with E-state index in [1.807, 2.05) is 80.6 Å². The summed E-state index contributed by atoms with van der Waals surface area (Å²) in [5.41, 5.74) is 6.11. The summed E-state index contributed by atoms with van der Waals surface area (Å²) in [7, 11) is 0. The van der Waals surface area contributed by atoms with Gasteiger partial charge in [-0.25, -0.2) is 4.39 Å². The van der Waals surface area contributed by atoms with Crippen molar-refractivity contribution < 1.29 is 13.9 Å². The molecule has 216 valence electrons. The van der Waals surface area contributed by atoms with Gasteiger partial charge in [0, 0.05) is 34.6 Å².